The van der Waals surface area contributed by atoms with Gasteiger partial charge >= 0.3 is 0 Å². The number of hydrogen-bond donors (Lipinski definition) is 0. The topological polar surface area (TPSA) is 12.9 Å². The van der Waals surface area contributed by atoms with Crippen molar-refractivity contribution in [2.45, 2.75) is 66.2 Å². The lowest BCUT2D eigenvalue weighted by atomic mass is 9.77. The lowest BCUT2D eigenvalue weighted by Gasteiger charge is -2.29. The van der Waals surface area contributed by atoms with Gasteiger partial charge < -0.3 is 0 Å². The molecule has 0 amide bonds. The second-order valence-corrected chi connectivity index (χ2v) is 6.79. The molecule has 0 spiro atoms. The average Bonchev–Trinajstić information content (AvgIpc) is 2.05. The van der Waals surface area contributed by atoms with Crippen LogP contribution in [0.25, 0.3) is 0 Å². The van der Waals surface area contributed by atoms with Crippen molar-refractivity contribution in [2.24, 2.45) is 0 Å². The van der Waals surface area contributed by atoms with Crippen LogP contribution in [0.3, 0.4) is 0 Å². The van der Waals surface area contributed by atoms with E-state index in [9.17, 15) is 0 Å². The van der Waals surface area contributed by atoms with Crippen molar-refractivity contribution in [3.63, 3.8) is 0 Å². The second-order valence-electron chi connectivity index (χ2n) is 6.79. The first kappa shape index (κ1) is 13.2. The smallest absolute Gasteiger partial charge is 0.0497 e. The number of rotatable bonds is 0. The Morgan fingerprint density at radius 3 is 1.75 bits per heavy atom. The highest BCUT2D eigenvalue weighted by molar-refractivity contribution is 5.37. The Labute approximate surface area is 100 Å². The third-order valence-corrected chi connectivity index (χ3v) is 2.98. The molecule has 1 heterocycles. The zero-order valence-electron chi connectivity index (χ0n) is 12.0. The summed E-state index contributed by atoms with van der Waals surface area (Å²) in [7, 11) is 0. The molecule has 1 rings (SSSR count). The Bertz CT molecular complexity index is 350. The van der Waals surface area contributed by atoms with Crippen molar-refractivity contribution in [2.75, 3.05) is 0 Å². The number of aromatic nitrogens is 1. The molecule has 0 aliphatic heterocycles. The first-order chi connectivity index (χ1) is 7.03. The molecule has 90 valence electrons. The summed E-state index contributed by atoms with van der Waals surface area (Å²) in [6.45, 7) is 17.7. The Hall–Kier alpha value is -0.850. The summed E-state index contributed by atoms with van der Waals surface area (Å²) in [5.41, 5.74) is 5.33. The fourth-order valence-electron chi connectivity index (χ4n) is 1.85. The third kappa shape index (κ3) is 2.63. The van der Waals surface area contributed by atoms with Gasteiger partial charge in [-0.3, -0.25) is 4.98 Å². The Morgan fingerprint density at radius 1 is 0.875 bits per heavy atom. The van der Waals surface area contributed by atoms with E-state index in [-0.39, 0.29) is 10.8 Å². The lowest BCUT2D eigenvalue weighted by molar-refractivity contribution is 0.511. The fourth-order valence-corrected chi connectivity index (χ4v) is 1.85. The summed E-state index contributed by atoms with van der Waals surface area (Å²) in [6, 6.07) is 2.31. The molecule has 0 saturated heterocycles. The summed E-state index contributed by atoms with van der Waals surface area (Å²) in [5, 5.41) is 0. The number of nitrogens with zero attached hydrogens (tertiary/aromatic N) is 1. The van der Waals surface area contributed by atoms with Crippen LogP contribution in [0.1, 0.15) is 64.1 Å². The highest BCUT2D eigenvalue weighted by atomic mass is 14.7. The van der Waals surface area contributed by atoms with Gasteiger partial charge in [0.25, 0.3) is 0 Å². The van der Waals surface area contributed by atoms with E-state index in [1.807, 2.05) is 0 Å². The average molecular weight is 219 g/mol. The molecule has 0 aliphatic rings. The normalized spacial score (nSPS) is 13.0. The predicted molar refractivity (Wildman–Crippen MR) is 71.1 cm³/mol. The Balaban J connectivity index is 3.53. The molecule has 1 nitrogen and oxygen atoms in total. The van der Waals surface area contributed by atoms with Crippen molar-refractivity contribution >= 4 is 0 Å². The highest BCUT2D eigenvalue weighted by Crippen LogP contribution is 2.33. The van der Waals surface area contributed by atoms with E-state index in [1.54, 1.807) is 0 Å². The maximum absolute atomic E-state index is 4.81. The first-order valence-electron chi connectivity index (χ1n) is 6.02. The Kier molecular flexibility index (Phi) is 3.20. The van der Waals surface area contributed by atoms with Crippen LogP contribution in [-0.4, -0.2) is 4.98 Å². The summed E-state index contributed by atoms with van der Waals surface area (Å²) >= 11 is 0. The SMILES string of the molecule is Cc1cc(C(C)(C)C)c(C(C)(C)C)nc1C. The molecular formula is C15H25N. The van der Waals surface area contributed by atoms with E-state index in [0.29, 0.717) is 0 Å². The summed E-state index contributed by atoms with van der Waals surface area (Å²) in [6.07, 6.45) is 0. The van der Waals surface area contributed by atoms with Crippen molar-refractivity contribution in [3.8, 4) is 0 Å². The number of pyridine rings is 1. The monoisotopic (exact) mass is 219 g/mol. The number of aryl methyl sites for hydroxylation is 2. The van der Waals surface area contributed by atoms with Crippen molar-refractivity contribution in [1.29, 1.82) is 0 Å². The van der Waals surface area contributed by atoms with Gasteiger partial charge in [-0.2, -0.15) is 0 Å². The molecule has 1 heteroatoms. The zero-order valence-corrected chi connectivity index (χ0v) is 12.0. The minimum absolute atomic E-state index is 0.112. The van der Waals surface area contributed by atoms with Crippen LogP contribution >= 0.6 is 0 Å². The zero-order chi connectivity index (χ0) is 12.7. The molecule has 0 aromatic carbocycles. The van der Waals surface area contributed by atoms with Crippen LogP contribution in [0, 0.1) is 13.8 Å². The summed E-state index contributed by atoms with van der Waals surface area (Å²) in [5.74, 6) is 0. The van der Waals surface area contributed by atoms with Gasteiger partial charge in [0.15, 0.2) is 0 Å². The molecule has 0 saturated carbocycles. The molecular weight excluding hydrogens is 194 g/mol. The van der Waals surface area contributed by atoms with Gasteiger partial charge in [0.2, 0.25) is 0 Å². The van der Waals surface area contributed by atoms with Gasteiger partial charge in [-0.15, -0.1) is 0 Å². The Morgan fingerprint density at radius 2 is 1.38 bits per heavy atom. The minimum Gasteiger partial charge on any atom is -0.257 e. The molecule has 0 atom stereocenters. The highest BCUT2D eigenvalue weighted by Gasteiger charge is 2.27. The molecule has 16 heavy (non-hydrogen) atoms. The molecule has 1 aromatic heterocycles. The standard InChI is InChI=1S/C15H25N/c1-10-9-12(14(3,4)5)13(15(6,7)8)16-11(10)2/h9H,1-8H3. The molecule has 0 fully saturated rings. The maximum atomic E-state index is 4.81. The van der Waals surface area contributed by atoms with Gasteiger partial charge in [-0.25, -0.2) is 0 Å². The van der Waals surface area contributed by atoms with Crippen molar-refractivity contribution < 1.29 is 0 Å². The third-order valence-electron chi connectivity index (χ3n) is 2.98. The van der Waals surface area contributed by atoms with E-state index in [0.717, 1.165) is 5.69 Å². The fraction of sp³-hybridized carbons (Fsp3) is 0.667. The second kappa shape index (κ2) is 3.87. The molecule has 0 bridgehead atoms. The molecule has 0 N–H and O–H groups in total. The van der Waals surface area contributed by atoms with Gasteiger partial charge in [0, 0.05) is 16.8 Å². The van der Waals surface area contributed by atoms with Crippen molar-refractivity contribution in [3.05, 3.63) is 28.6 Å². The first-order valence-corrected chi connectivity index (χ1v) is 6.02. The summed E-state index contributed by atoms with van der Waals surface area (Å²) < 4.78 is 0. The summed E-state index contributed by atoms with van der Waals surface area (Å²) in [4.78, 5) is 4.81. The largest absolute Gasteiger partial charge is 0.257 e. The molecule has 0 unspecified atom stereocenters. The molecule has 0 aliphatic carbocycles. The predicted octanol–water partition coefficient (Wildman–Crippen LogP) is 4.29. The van der Waals surface area contributed by atoms with E-state index in [1.165, 1.54) is 16.8 Å². The van der Waals surface area contributed by atoms with E-state index in [2.05, 4.69) is 61.5 Å². The van der Waals surface area contributed by atoms with Crippen LogP contribution in [0.5, 0.6) is 0 Å². The quantitative estimate of drug-likeness (QED) is 0.634. The van der Waals surface area contributed by atoms with Gasteiger partial charge in [0.05, 0.1) is 0 Å². The maximum Gasteiger partial charge on any atom is 0.0497 e. The van der Waals surface area contributed by atoms with E-state index in [4.69, 9.17) is 4.98 Å². The van der Waals surface area contributed by atoms with Gasteiger partial charge in [0.1, 0.15) is 0 Å². The lowest BCUT2D eigenvalue weighted by Crippen LogP contribution is -2.24. The minimum atomic E-state index is 0.112. The molecule has 1 aromatic rings. The van der Waals surface area contributed by atoms with Crippen LogP contribution < -0.4 is 0 Å². The van der Waals surface area contributed by atoms with Crippen LogP contribution in [-0.2, 0) is 10.8 Å². The molecule has 0 radical (unpaired) electrons. The van der Waals surface area contributed by atoms with E-state index < -0.39 is 0 Å². The van der Waals surface area contributed by atoms with Crippen LogP contribution in [0.15, 0.2) is 6.07 Å². The van der Waals surface area contributed by atoms with Gasteiger partial charge in [-0.05, 0) is 30.4 Å². The van der Waals surface area contributed by atoms with Gasteiger partial charge in [-0.1, -0.05) is 47.6 Å². The van der Waals surface area contributed by atoms with Crippen molar-refractivity contribution in [1.82, 2.24) is 4.98 Å². The van der Waals surface area contributed by atoms with Crippen LogP contribution in [0.4, 0.5) is 0 Å². The van der Waals surface area contributed by atoms with E-state index >= 15 is 0 Å². The number of hydrogen-bond acceptors (Lipinski definition) is 1. The van der Waals surface area contributed by atoms with Crippen LogP contribution in [0.2, 0.25) is 0 Å².